The number of rotatable bonds is 45. The fourth-order valence-corrected chi connectivity index (χ4v) is 75.1. The Bertz CT molecular complexity index is 5080. The summed E-state index contributed by atoms with van der Waals surface area (Å²) in [5, 5.41) is 16.4. The third-order valence-corrected chi connectivity index (χ3v) is 71.4. The first kappa shape index (κ1) is 95.4. The number of hydrogen-bond donors (Lipinski definition) is 0. The van der Waals surface area contributed by atoms with E-state index in [-0.39, 0.29) is 32.2 Å². The third kappa shape index (κ3) is 22.3. The van der Waals surface area contributed by atoms with E-state index in [1.165, 1.54) is 31.1 Å². The summed E-state index contributed by atoms with van der Waals surface area (Å²) < 4.78 is 76.1. The van der Waals surface area contributed by atoms with Crippen molar-refractivity contribution < 1.29 is 42.5 Å². The van der Waals surface area contributed by atoms with Gasteiger partial charge in [-0.1, -0.05) is 462 Å². The van der Waals surface area contributed by atoms with Gasteiger partial charge in [0.25, 0.3) is 41.6 Å². The van der Waals surface area contributed by atoms with Gasteiger partial charge in [0.1, 0.15) is 0 Å². The van der Waals surface area contributed by atoms with Crippen molar-refractivity contribution in [2.45, 2.75) is 94.9 Å². The fourth-order valence-electron chi connectivity index (χ4n) is 18.1. The number of esters is 1. The van der Waals surface area contributed by atoms with Crippen LogP contribution in [0.2, 0.25) is 81.6 Å². The average Bonchev–Trinajstić information content (AvgIpc) is 0.705. The second kappa shape index (κ2) is 44.1. The van der Waals surface area contributed by atoms with E-state index < -0.39 is 90.1 Å². The van der Waals surface area contributed by atoms with E-state index in [9.17, 15) is 17.1 Å². The van der Waals surface area contributed by atoms with E-state index in [4.69, 9.17) is 25.3 Å². The van der Waals surface area contributed by atoms with Crippen LogP contribution in [0.3, 0.4) is 0 Å². The topological polar surface area (TPSA) is 100 Å². The van der Waals surface area contributed by atoms with Gasteiger partial charge in [-0.3, -0.25) is 0 Å². The molecule has 0 atom stereocenters. The molecule has 0 saturated carbocycles. The van der Waals surface area contributed by atoms with Gasteiger partial charge in [-0.25, -0.2) is 4.79 Å². The smallest absolute Gasteiger partial charge is 0.462 e. The highest BCUT2D eigenvalue weighted by Gasteiger charge is 2.64. The Labute approximate surface area is 792 Å². The lowest BCUT2D eigenvalue weighted by Crippen LogP contribution is -2.82. The summed E-state index contributed by atoms with van der Waals surface area (Å²) in [4.78, 5) is 13.8. The molecule has 131 heavy (non-hydrogen) atoms. The van der Waals surface area contributed by atoms with Crippen LogP contribution < -0.4 is 77.8 Å². The highest BCUT2D eigenvalue weighted by atomic mass is 28.5. The summed E-state index contributed by atoms with van der Waals surface area (Å²) in [5.41, 5.74) is 0.327. The molecule has 0 amide bonds. The second-order valence-electron chi connectivity index (χ2n) is 35.2. The summed E-state index contributed by atoms with van der Waals surface area (Å²) in [6.07, 6.45) is 0.394. The molecule has 0 fully saturated rings. The molecule has 10 nitrogen and oxygen atoms in total. The fraction of sp³-hybridized carbons (Fsp3) is 0.147. The third-order valence-electron chi connectivity index (χ3n) is 24.3. The lowest BCUT2D eigenvalue weighted by atomic mass is 10.3. The molecule has 0 unspecified atom stereocenters. The number of carbonyl (C=O) groups is 1. The predicted molar refractivity (Wildman–Crippen MR) is 568 cm³/mol. The number of hydrogen-bond acceptors (Lipinski definition) is 10. The zero-order chi connectivity index (χ0) is 91.0. The summed E-state index contributed by atoms with van der Waals surface area (Å²) in [6, 6.07) is 167. The van der Waals surface area contributed by atoms with Gasteiger partial charge < -0.3 is 37.7 Å². The molecular weight excluding hydrogens is 1810 g/mol. The van der Waals surface area contributed by atoms with E-state index in [1.807, 2.05) is 0 Å². The minimum atomic E-state index is -4.90. The monoisotopic (exact) mass is 1920 g/mol. The second-order valence-corrected chi connectivity index (χ2v) is 74.5. The summed E-state index contributed by atoms with van der Waals surface area (Å²) in [7, 11) is -36.8. The van der Waals surface area contributed by atoms with Gasteiger partial charge in [-0.2, -0.15) is 0 Å². The number of benzene rings is 15. The molecule has 15 rings (SSSR count). The minimum absolute atomic E-state index is 0.0936. The Hall–Kier alpha value is -10.2. The van der Waals surface area contributed by atoms with Crippen molar-refractivity contribution >= 4 is 187 Å². The van der Waals surface area contributed by atoms with Gasteiger partial charge in [0, 0.05) is 17.7 Å². The Morgan fingerprint density at radius 2 is 0.397 bits per heavy atom. The molecule has 0 aromatic heterocycles. The highest BCUT2D eigenvalue weighted by Crippen LogP contribution is 2.39. The van der Waals surface area contributed by atoms with Gasteiger partial charge in [0.15, 0.2) is 25.0 Å². The molecule has 0 heterocycles. The molecule has 22 heteroatoms. The van der Waals surface area contributed by atoms with Gasteiger partial charge in [0.2, 0.25) is 19.5 Å². The van der Waals surface area contributed by atoms with Crippen LogP contribution in [0, 0.1) is 0 Å². The van der Waals surface area contributed by atoms with Crippen LogP contribution in [-0.4, -0.2) is 116 Å². The zero-order valence-electron chi connectivity index (χ0n) is 76.0. The van der Waals surface area contributed by atoms with Crippen LogP contribution in [0.1, 0.15) is 13.3 Å². The molecule has 4 radical (unpaired) electrons. The van der Waals surface area contributed by atoms with Crippen molar-refractivity contribution in [1.29, 1.82) is 0 Å². The number of ether oxygens (including phenoxy) is 1. The van der Waals surface area contributed by atoms with Crippen molar-refractivity contribution in [1.82, 2.24) is 0 Å². The standard InChI is InChI=1S/C109H116O10Si12/c1-93(2)109(110)111-85-54-88-125(114-122(3,4)89-86-120-112-127(94-55-24-9-25-56-94,95-57-26-10-27-58-95)96-59-28-11-29-60-96,115-123(5,6)90-87-121-113-128(97-61-30-12-31-62-97,98-63-32-13-33-64-98)99-65-34-14-35-66-99)116-124(7,8)91-92-126(117-129(100-67-36-15-37-68-100,101-69-38-16-39-70-101)102-71-40-17-41-72-102,118-130(103-73-42-18-43-74-103,104-75-44-19-45-76-104)105-77-46-20-47-78-105)119-131(106-79-48-21-49-80-106,107-81-50-22-51-82-107)108-83-52-23-53-84-108/h9-53,55-84H,1,54,85-92H2,2-8H3. The van der Waals surface area contributed by atoms with Crippen molar-refractivity contribution in [3.63, 3.8) is 0 Å². The van der Waals surface area contributed by atoms with E-state index in [0.717, 1.165) is 70.9 Å². The van der Waals surface area contributed by atoms with Crippen LogP contribution in [0.25, 0.3) is 0 Å². The summed E-state index contributed by atoms with van der Waals surface area (Å²) in [5.74, 6) is -0.451. The van der Waals surface area contributed by atoms with Crippen molar-refractivity contribution in [3.05, 3.63) is 467 Å². The molecule has 0 aliphatic rings. The molecule has 0 N–H and O–H groups in total. The first-order valence-electron chi connectivity index (χ1n) is 45.5. The summed E-state index contributed by atoms with van der Waals surface area (Å²) >= 11 is 0. The highest BCUT2D eigenvalue weighted by molar-refractivity contribution is 7.17. The molecular formula is C109H116O10Si12. The van der Waals surface area contributed by atoms with Crippen molar-refractivity contribution in [3.8, 4) is 0 Å². The Morgan fingerprint density at radius 1 is 0.229 bits per heavy atom. The molecule has 660 valence electrons. The Morgan fingerprint density at radius 3 is 0.580 bits per heavy atom. The van der Waals surface area contributed by atoms with Gasteiger partial charge >= 0.3 is 23.6 Å². The molecule has 0 aliphatic heterocycles. The minimum Gasteiger partial charge on any atom is -0.462 e. The van der Waals surface area contributed by atoms with Crippen LogP contribution in [0.5, 0.6) is 0 Å². The lowest BCUT2D eigenvalue weighted by Gasteiger charge is -2.50. The van der Waals surface area contributed by atoms with Gasteiger partial charge in [-0.15, -0.1) is 0 Å². The molecule has 0 saturated heterocycles. The van der Waals surface area contributed by atoms with Gasteiger partial charge in [-0.05, 0) is 161 Å². The first-order chi connectivity index (χ1) is 63.8. The maximum Gasteiger partial charge on any atom is 0.471 e. The van der Waals surface area contributed by atoms with Crippen LogP contribution >= 0.6 is 0 Å². The lowest BCUT2D eigenvalue weighted by molar-refractivity contribution is -0.139. The first-order valence-corrected chi connectivity index (χ1v) is 70.4. The van der Waals surface area contributed by atoms with E-state index in [1.54, 1.807) is 6.92 Å². The average molecular weight is 1920 g/mol. The largest absolute Gasteiger partial charge is 0.471 e. The van der Waals surface area contributed by atoms with Crippen molar-refractivity contribution in [2.75, 3.05) is 6.61 Å². The van der Waals surface area contributed by atoms with E-state index in [2.05, 4.69) is 501 Å². The molecule has 0 aliphatic carbocycles. The molecule has 0 bridgehead atoms. The maximum atomic E-state index is 13.8. The Kier molecular flexibility index (Phi) is 32.1. The zero-order valence-corrected chi connectivity index (χ0v) is 88.0. The van der Waals surface area contributed by atoms with Crippen LogP contribution in [0.4, 0.5) is 0 Å². The number of carbonyl (C=O) groups excluding carboxylic acids is 1. The Balaban J connectivity index is 0.928. The SMILES string of the molecule is C=C(C)C(=O)OCCC[Si](O[Si](C)(C)CC[Si]O[Si](c1ccccc1)(c1ccccc1)c1ccccc1)(O[Si](C)(C)CC[Si]O[Si](c1ccccc1)(c1ccccc1)c1ccccc1)O[Si](C)(C)CC[Si](O[Si](c1ccccc1)(c1ccccc1)c1ccccc1)(O[Si](c1ccccc1)(c1ccccc1)c1ccccc1)O[Si](c1ccccc1)(c1ccccc1)c1ccccc1. The summed E-state index contributed by atoms with van der Waals surface area (Å²) in [6.45, 7) is 19.9. The normalized spacial score (nSPS) is 12.6. The van der Waals surface area contributed by atoms with E-state index >= 15 is 0 Å². The molecule has 15 aromatic carbocycles. The van der Waals surface area contributed by atoms with E-state index in [0.29, 0.717) is 24.1 Å². The molecule has 15 aromatic rings. The molecule has 0 spiro atoms. The van der Waals surface area contributed by atoms with Crippen LogP contribution in [-0.2, 0) is 42.5 Å². The van der Waals surface area contributed by atoms with Crippen LogP contribution in [0.15, 0.2) is 467 Å². The maximum absolute atomic E-state index is 13.8. The quantitative estimate of drug-likeness (QED) is 0.0121. The predicted octanol–water partition coefficient (Wildman–Crippen LogP) is 15.5. The van der Waals surface area contributed by atoms with Crippen molar-refractivity contribution in [2.24, 2.45) is 0 Å². The van der Waals surface area contributed by atoms with Gasteiger partial charge in [0.05, 0.1) is 6.61 Å².